The minimum absolute atomic E-state index is 0.321. The van der Waals surface area contributed by atoms with Crippen LogP contribution < -0.4 is 10.2 Å². The molecule has 1 aliphatic heterocycles. The summed E-state index contributed by atoms with van der Waals surface area (Å²) in [6.07, 6.45) is 5.68. The molecule has 1 saturated heterocycles. The highest BCUT2D eigenvalue weighted by molar-refractivity contribution is 5.40. The van der Waals surface area contributed by atoms with Crippen LogP contribution in [0.5, 0.6) is 0 Å². The van der Waals surface area contributed by atoms with E-state index in [1.54, 1.807) is 6.20 Å². The average molecular weight is 236 g/mol. The molecule has 5 nitrogen and oxygen atoms in total. The van der Waals surface area contributed by atoms with Gasteiger partial charge in [0.25, 0.3) is 0 Å². The Hall–Kier alpha value is -1.36. The smallest absolute Gasteiger partial charge is 0.226 e. The van der Waals surface area contributed by atoms with Crippen LogP contribution in [0, 0.1) is 0 Å². The summed E-state index contributed by atoms with van der Waals surface area (Å²) in [4.78, 5) is 10.5. The molecule has 1 N–H and O–H groups in total. The van der Waals surface area contributed by atoms with E-state index in [0.717, 1.165) is 31.3 Å². The minimum atomic E-state index is 0.321. The van der Waals surface area contributed by atoms with Crippen molar-refractivity contribution in [3.63, 3.8) is 0 Å². The van der Waals surface area contributed by atoms with Gasteiger partial charge in [-0.1, -0.05) is 0 Å². The Bertz CT molecular complexity index is 350. The number of anilines is 2. The van der Waals surface area contributed by atoms with Crippen LogP contribution in [0.4, 0.5) is 11.8 Å². The van der Waals surface area contributed by atoms with E-state index in [-0.39, 0.29) is 0 Å². The third-order valence-electron chi connectivity index (χ3n) is 2.83. The van der Waals surface area contributed by atoms with Crippen molar-refractivity contribution in [2.75, 3.05) is 37.5 Å². The summed E-state index contributed by atoms with van der Waals surface area (Å²) >= 11 is 0. The number of nitrogens with zero attached hydrogens (tertiary/aromatic N) is 3. The van der Waals surface area contributed by atoms with E-state index in [2.05, 4.69) is 15.3 Å². The molecule has 1 atom stereocenters. The van der Waals surface area contributed by atoms with Gasteiger partial charge in [0.05, 0.1) is 6.10 Å². The molecule has 1 aromatic heterocycles. The maximum absolute atomic E-state index is 5.66. The van der Waals surface area contributed by atoms with Crippen molar-refractivity contribution < 1.29 is 4.74 Å². The molecule has 0 amide bonds. The molecular weight excluding hydrogens is 216 g/mol. The molecule has 2 heterocycles. The van der Waals surface area contributed by atoms with Crippen molar-refractivity contribution in [1.82, 2.24) is 9.97 Å². The molecule has 0 aliphatic carbocycles. The molecule has 2 rings (SSSR count). The molecule has 94 valence electrons. The van der Waals surface area contributed by atoms with E-state index < -0.39 is 0 Å². The normalized spacial score (nSPS) is 20.0. The second kappa shape index (κ2) is 5.82. The Morgan fingerprint density at radius 2 is 2.35 bits per heavy atom. The first-order valence-corrected chi connectivity index (χ1v) is 6.11. The van der Waals surface area contributed by atoms with Crippen molar-refractivity contribution in [1.29, 1.82) is 0 Å². The van der Waals surface area contributed by atoms with Gasteiger partial charge in [-0.3, -0.25) is 0 Å². The summed E-state index contributed by atoms with van der Waals surface area (Å²) in [5.41, 5.74) is 0. The summed E-state index contributed by atoms with van der Waals surface area (Å²) in [5, 5.41) is 3.31. The zero-order valence-electron chi connectivity index (χ0n) is 10.5. The van der Waals surface area contributed by atoms with Crippen LogP contribution in [0.3, 0.4) is 0 Å². The fraction of sp³-hybridized carbons (Fsp3) is 0.667. The average Bonchev–Trinajstić information content (AvgIpc) is 2.38. The Kier molecular flexibility index (Phi) is 4.14. The largest absolute Gasteiger partial charge is 0.376 e. The second-order valence-electron chi connectivity index (χ2n) is 4.51. The van der Waals surface area contributed by atoms with Crippen molar-refractivity contribution in [2.24, 2.45) is 0 Å². The Labute approximate surface area is 102 Å². The van der Waals surface area contributed by atoms with Gasteiger partial charge in [-0.25, -0.2) is 4.98 Å². The maximum Gasteiger partial charge on any atom is 0.226 e. The number of hydrogen-bond acceptors (Lipinski definition) is 5. The summed E-state index contributed by atoms with van der Waals surface area (Å²) in [5.74, 6) is 1.58. The van der Waals surface area contributed by atoms with Gasteiger partial charge in [0.1, 0.15) is 5.82 Å². The van der Waals surface area contributed by atoms with Gasteiger partial charge in [0.2, 0.25) is 5.95 Å². The van der Waals surface area contributed by atoms with Gasteiger partial charge in [-0.05, 0) is 25.3 Å². The highest BCUT2D eigenvalue weighted by Crippen LogP contribution is 2.14. The molecule has 0 aromatic carbocycles. The monoisotopic (exact) mass is 236 g/mol. The van der Waals surface area contributed by atoms with E-state index in [4.69, 9.17) is 4.74 Å². The van der Waals surface area contributed by atoms with Crippen molar-refractivity contribution in [2.45, 2.75) is 25.4 Å². The summed E-state index contributed by atoms with van der Waals surface area (Å²) < 4.78 is 5.66. The third-order valence-corrected chi connectivity index (χ3v) is 2.83. The summed E-state index contributed by atoms with van der Waals surface area (Å²) in [6, 6.07) is 1.88. The number of nitrogens with one attached hydrogen (secondary N) is 1. The van der Waals surface area contributed by atoms with Gasteiger partial charge in [-0.15, -0.1) is 0 Å². The zero-order chi connectivity index (χ0) is 12.1. The van der Waals surface area contributed by atoms with Crippen LogP contribution in [-0.2, 0) is 4.74 Å². The molecule has 0 radical (unpaired) electrons. The Balaban J connectivity index is 1.87. The van der Waals surface area contributed by atoms with E-state index in [0.29, 0.717) is 6.10 Å². The van der Waals surface area contributed by atoms with Crippen LogP contribution in [0.25, 0.3) is 0 Å². The molecule has 0 saturated carbocycles. The molecule has 1 unspecified atom stereocenters. The van der Waals surface area contributed by atoms with Crippen molar-refractivity contribution >= 4 is 11.8 Å². The van der Waals surface area contributed by atoms with Crippen molar-refractivity contribution in [3.8, 4) is 0 Å². The Morgan fingerprint density at radius 3 is 3.06 bits per heavy atom. The number of rotatable bonds is 4. The fourth-order valence-corrected chi connectivity index (χ4v) is 1.85. The zero-order valence-corrected chi connectivity index (χ0v) is 10.5. The van der Waals surface area contributed by atoms with Gasteiger partial charge >= 0.3 is 0 Å². The van der Waals surface area contributed by atoms with Crippen molar-refractivity contribution in [3.05, 3.63) is 12.3 Å². The Morgan fingerprint density at radius 1 is 1.47 bits per heavy atom. The van der Waals surface area contributed by atoms with Gasteiger partial charge < -0.3 is 15.0 Å². The lowest BCUT2D eigenvalue weighted by Gasteiger charge is -2.23. The standard InChI is InChI=1S/C12H20N4O/c1-16(2)12-13-7-6-11(15-12)14-9-10-5-3-4-8-17-10/h6-7,10H,3-5,8-9H2,1-2H3,(H,13,14,15). The van der Waals surface area contributed by atoms with Crippen LogP contribution in [0.2, 0.25) is 0 Å². The SMILES string of the molecule is CN(C)c1nccc(NCC2CCCCO2)n1. The predicted molar refractivity (Wildman–Crippen MR) is 68.4 cm³/mol. The second-order valence-corrected chi connectivity index (χ2v) is 4.51. The van der Waals surface area contributed by atoms with Crippen LogP contribution in [-0.4, -0.2) is 43.3 Å². The maximum atomic E-state index is 5.66. The predicted octanol–water partition coefficient (Wildman–Crippen LogP) is 1.52. The van der Waals surface area contributed by atoms with Gasteiger partial charge in [0, 0.05) is 33.4 Å². The molecular formula is C12H20N4O. The lowest BCUT2D eigenvalue weighted by atomic mass is 10.1. The van der Waals surface area contributed by atoms with Crippen LogP contribution in [0.15, 0.2) is 12.3 Å². The lowest BCUT2D eigenvalue weighted by molar-refractivity contribution is 0.0247. The summed E-state index contributed by atoms with van der Waals surface area (Å²) in [7, 11) is 3.87. The van der Waals surface area contributed by atoms with E-state index in [9.17, 15) is 0 Å². The first kappa shape index (κ1) is 12.1. The fourth-order valence-electron chi connectivity index (χ4n) is 1.85. The van der Waals surface area contributed by atoms with Crippen LogP contribution in [0.1, 0.15) is 19.3 Å². The highest BCUT2D eigenvalue weighted by atomic mass is 16.5. The minimum Gasteiger partial charge on any atom is -0.376 e. The molecule has 5 heteroatoms. The van der Waals surface area contributed by atoms with Crippen LogP contribution >= 0.6 is 0 Å². The topological polar surface area (TPSA) is 50.3 Å². The number of aromatic nitrogens is 2. The molecule has 0 spiro atoms. The molecule has 17 heavy (non-hydrogen) atoms. The molecule has 1 aromatic rings. The van der Waals surface area contributed by atoms with E-state index >= 15 is 0 Å². The van der Waals surface area contributed by atoms with E-state index in [1.807, 2.05) is 25.1 Å². The number of ether oxygens (including phenoxy) is 1. The van der Waals surface area contributed by atoms with E-state index in [1.165, 1.54) is 12.8 Å². The quantitative estimate of drug-likeness (QED) is 0.859. The lowest BCUT2D eigenvalue weighted by Crippen LogP contribution is -2.27. The molecule has 1 fully saturated rings. The van der Waals surface area contributed by atoms with Gasteiger partial charge in [0.15, 0.2) is 0 Å². The molecule has 1 aliphatic rings. The third kappa shape index (κ3) is 3.56. The first-order valence-electron chi connectivity index (χ1n) is 6.11. The highest BCUT2D eigenvalue weighted by Gasteiger charge is 2.13. The first-order chi connectivity index (χ1) is 8.25. The number of hydrogen-bond donors (Lipinski definition) is 1. The van der Waals surface area contributed by atoms with Gasteiger partial charge in [-0.2, -0.15) is 4.98 Å². The molecule has 0 bridgehead atoms. The summed E-state index contributed by atoms with van der Waals surface area (Å²) in [6.45, 7) is 1.71.